The Bertz CT molecular complexity index is 2740. The summed E-state index contributed by atoms with van der Waals surface area (Å²) in [5, 5.41) is 4.63. The molecule has 2 aromatic heterocycles. The van der Waals surface area contributed by atoms with Crippen LogP contribution in [0.2, 0.25) is 0 Å². The van der Waals surface area contributed by atoms with Crippen LogP contribution in [0.1, 0.15) is 22.3 Å². The molecule has 0 spiro atoms. The van der Waals surface area contributed by atoms with E-state index in [1.165, 1.54) is 33.0 Å². The summed E-state index contributed by atoms with van der Waals surface area (Å²) in [6.07, 6.45) is 0. The number of furan rings is 1. The normalized spacial score (nSPS) is 15.1. The number of rotatable bonds is 2. The molecule has 1 aliphatic rings. The maximum atomic E-state index is 6.66. The van der Waals surface area contributed by atoms with Crippen LogP contribution >= 0.6 is 0 Å². The van der Waals surface area contributed by atoms with Gasteiger partial charge in [0.05, 0.1) is 11.0 Å². The molecule has 10 rings (SSSR count). The van der Waals surface area contributed by atoms with Gasteiger partial charge < -0.3 is 8.98 Å². The molecular weight excluding hydrogens is 571 g/mol. The zero-order valence-corrected chi connectivity index (χ0v) is 25.4. The molecule has 218 valence electrons. The first-order chi connectivity index (χ1) is 23.3. The summed E-state index contributed by atoms with van der Waals surface area (Å²) < 4.78 is 9.04. The van der Waals surface area contributed by atoms with Crippen molar-refractivity contribution in [3.05, 3.63) is 186 Å². The van der Waals surface area contributed by atoms with Crippen LogP contribution < -0.4 is 0 Å². The number of para-hydroxylation sites is 2. The molecule has 0 fully saturated rings. The summed E-state index contributed by atoms with van der Waals surface area (Å²) in [5.74, 6) is 7.45. The Labute approximate surface area is 272 Å². The van der Waals surface area contributed by atoms with E-state index in [1.54, 1.807) is 0 Å². The number of hydrogen-bond acceptors (Lipinski definition) is 1. The van der Waals surface area contributed by atoms with Crippen molar-refractivity contribution in [2.45, 2.75) is 5.41 Å². The van der Waals surface area contributed by atoms with Crippen molar-refractivity contribution >= 4 is 43.7 Å². The fourth-order valence-electron chi connectivity index (χ4n) is 7.80. The molecule has 9 aromatic rings. The fourth-order valence-corrected chi connectivity index (χ4v) is 7.80. The highest BCUT2D eigenvalue weighted by atomic mass is 16.3. The van der Waals surface area contributed by atoms with E-state index in [0.29, 0.717) is 0 Å². The summed E-state index contributed by atoms with van der Waals surface area (Å²) in [4.78, 5) is 0. The van der Waals surface area contributed by atoms with E-state index < -0.39 is 5.41 Å². The van der Waals surface area contributed by atoms with Crippen molar-refractivity contribution in [1.29, 1.82) is 0 Å². The van der Waals surface area contributed by atoms with E-state index >= 15 is 0 Å². The van der Waals surface area contributed by atoms with E-state index in [4.69, 9.17) is 4.42 Å². The number of hydrogen-bond donors (Lipinski definition) is 0. The average molecular weight is 598 g/mol. The summed E-state index contributed by atoms with van der Waals surface area (Å²) in [5.41, 5.74) is 11.4. The quantitative estimate of drug-likeness (QED) is 0.181. The molecule has 2 heterocycles. The lowest BCUT2D eigenvalue weighted by atomic mass is 9.73. The molecule has 7 aromatic carbocycles. The van der Waals surface area contributed by atoms with Crippen molar-refractivity contribution in [1.82, 2.24) is 4.57 Å². The Morgan fingerprint density at radius 2 is 1.19 bits per heavy atom. The summed E-state index contributed by atoms with van der Waals surface area (Å²) in [6, 6.07) is 58.2. The van der Waals surface area contributed by atoms with Gasteiger partial charge in [0.15, 0.2) is 5.58 Å². The number of aromatic nitrogens is 1. The van der Waals surface area contributed by atoms with Gasteiger partial charge in [0.25, 0.3) is 0 Å². The first-order valence-corrected chi connectivity index (χ1v) is 16.0. The molecule has 0 saturated heterocycles. The molecule has 0 N–H and O–H groups in total. The van der Waals surface area contributed by atoms with E-state index in [9.17, 15) is 0 Å². The maximum absolute atomic E-state index is 6.66. The topological polar surface area (TPSA) is 18.1 Å². The number of fused-ring (bicyclic) bond motifs is 10. The highest BCUT2D eigenvalue weighted by Gasteiger charge is 2.44. The molecule has 0 aliphatic heterocycles. The fraction of sp³-hybridized carbons (Fsp3) is 0.0222. The molecule has 2 nitrogen and oxygen atoms in total. The van der Waals surface area contributed by atoms with Crippen LogP contribution in [0.4, 0.5) is 0 Å². The highest BCUT2D eigenvalue weighted by molar-refractivity contribution is 6.21. The van der Waals surface area contributed by atoms with Crippen LogP contribution in [0, 0.1) is 11.8 Å². The molecule has 47 heavy (non-hydrogen) atoms. The zero-order chi connectivity index (χ0) is 31.0. The minimum Gasteiger partial charge on any atom is -0.454 e. The summed E-state index contributed by atoms with van der Waals surface area (Å²) in [6.45, 7) is 0. The molecule has 1 aliphatic carbocycles. The third-order valence-corrected chi connectivity index (χ3v) is 9.84. The standard InChI is InChI=1S/C45H27NO/c1-3-13-30(14-4-1)27-28-45(31-15-5-2-6-16-31)39-20-10-7-17-33(39)34-24-23-32(29-40(34)45)46-41-21-11-8-18-35(41)37-25-26-38-36-19-9-12-22-42(36)47-44(38)43(37)46/h1-26,29H. The van der Waals surface area contributed by atoms with Gasteiger partial charge in [0.2, 0.25) is 0 Å². The minimum atomic E-state index is -0.660. The number of benzene rings is 7. The maximum Gasteiger partial charge on any atom is 0.160 e. The first-order valence-electron chi connectivity index (χ1n) is 16.0. The second kappa shape index (κ2) is 9.85. The SMILES string of the molecule is C(#CC1(c2ccccc2)c2ccccc2-c2ccc(-n3c4ccccc4c4ccc5c6ccccc6oc5c43)cc21)c1ccccc1. The third-order valence-electron chi connectivity index (χ3n) is 9.84. The Hall–Kier alpha value is -6.30. The van der Waals surface area contributed by atoms with Gasteiger partial charge in [0, 0.05) is 32.8 Å². The Morgan fingerprint density at radius 1 is 0.511 bits per heavy atom. The summed E-state index contributed by atoms with van der Waals surface area (Å²) >= 11 is 0. The highest BCUT2D eigenvalue weighted by Crippen LogP contribution is 2.53. The molecule has 1 atom stereocenters. The molecule has 1 unspecified atom stereocenters. The lowest BCUT2D eigenvalue weighted by Gasteiger charge is -2.28. The van der Waals surface area contributed by atoms with Crippen LogP contribution in [0.3, 0.4) is 0 Å². The average Bonchev–Trinajstić information content (AvgIpc) is 3.78. The molecule has 0 saturated carbocycles. The predicted octanol–water partition coefficient (Wildman–Crippen LogP) is 11.0. The van der Waals surface area contributed by atoms with Gasteiger partial charge in [-0.25, -0.2) is 0 Å². The lowest BCUT2D eigenvalue weighted by Crippen LogP contribution is -2.25. The largest absolute Gasteiger partial charge is 0.454 e. The Balaban J connectivity index is 1.32. The van der Waals surface area contributed by atoms with Crippen molar-refractivity contribution in [2.24, 2.45) is 0 Å². The van der Waals surface area contributed by atoms with Gasteiger partial charge in [-0.15, -0.1) is 0 Å². The van der Waals surface area contributed by atoms with Crippen LogP contribution in [0.15, 0.2) is 168 Å². The smallest absolute Gasteiger partial charge is 0.160 e. The van der Waals surface area contributed by atoms with Crippen molar-refractivity contribution < 1.29 is 4.42 Å². The second-order valence-corrected chi connectivity index (χ2v) is 12.3. The monoisotopic (exact) mass is 597 g/mol. The van der Waals surface area contributed by atoms with E-state index in [-0.39, 0.29) is 0 Å². The zero-order valence-electron chi connectivity index (χ0n) is 25.4. The van der Waals surface area contributed by atoms with Gasteiger partial charge in [-0.2, -0.15) is 0 Å². The van der Waals surface area contributed by atoms with E-state index in [1.807, 2.05) is 12.1 Å². The van der Waals surface area contributed by atoms with Crippen LogP contribution in [0.5, 0.6) is 0 Å². The van der Waals surface area contributed by atoms with Gasteiger partial charge in [-0.05, 0) is 70.3 Å². The van der Waals surface area contributed by atoms with Crippen molar-refractivity contribution in [3.63, 3.8) is 0 Å². The molecule has 2 heteroatoms. The molecule has 0 bridgehead atoms. The molecular formula is C45H27NO. The van der Waals surface area contributed by atoms with Crippen molar-refractivity contribution in [3.8, 4) is 28.7 Å². The molecule has 0 radical (unpaired) electrons. The first kappa shape index (κ1) is 26.0. The van der Waals surface area contributed by atoms with Crippen molar-refractivity contribution in [2.75, 3.05) is 0 Å². The Kier molecular flexibility index (Phi) is 5.44. The second-order valence-electron chi connectivity index (χ2n) is 12.3. The van der Waals surface area contributed by atoms with Gasteiger partial charge in [-0.1, -0.05) is 133 Å². The van der Waals surface area contributed by atoms with Gasteiger partial charge >= 0.3 is 0 Å². The van der Waals surface area contributed by atoms with Crippen LogP contribution in [-0.2, 0) is 5.41 Å². The predicted molar refractivity (Wildman–Crippen MR) is 193 cm³/mol. The van der Waals surface area contributed by atoms with E-state index in [2.05, 4.69) is 168 Å². The third kappa shape index (κ3) is 3.63. The lowest BCUT2D eigenvalue weighted by molar-refractivity contribution is 0.671. The Morgan fingerprint density at radius 3 is 2.06 bits per heavy atom. The van der Waals surface area contributed by atoms with E-state index in [0.717, 1.165) is 49.8 Å². The molecule has 0 amide bonds. The van der Waals surface area contributed by atoms with Gasteiger partial charge in [-0.3, -0.25) is 0 Å². The number of nitrogens with zero attached hydrogens (tertiary/aromatic N) is 1. The van der Waals surface area contributed by atoms with Crippen LogP contribution in [0.25, 0.3) is 60.6 Å². The van der Waals surface area contributed by atoms with Crippen LogP contribution in [-0.4, -0.2) is 4.57 Å². The summed E-state index contributed by atoms with van der Waals surface area (Å²) in [7, 11) is 0. The minimum absolute atomic E-state index is 0.660. The van der Waals surface area contributed by atoms with Gasteiger partial charge in [0.1, 0.15) is 11.0 Å².